The molecule has 74 valence electrons. The lowest BCUT2D eigenvalue weighted by molar-refractivity contribution is 0.127. The van der Waals surface area contributed by atoms with Crippen LogP contribution in [-0.2, 0) is 11.3 Å². The van der Waals surface area contributed by atoms with Gasteiger partial charge in [-0.15, -0.1) is 0 Å². The van der Waals surface area contributed by atoms with Gasteiger partial charge in [0.15, 0.2) is 0 Å². The zero-order chi connectivity index (χ0) is 9.52. The van der Waals surface area contributed by atoms with Crippen molar-refractivity contribution in [2.24, 2.45) is 0 Å². The van der Waals surface area contributed by atoms with Crippen molar-refractivity contribution in [3.05, 3.63) is 18.0 Å². The summed E-state index contributed by atoms with van der Waals surface area (Å²) in [6.07, 6.45) is 3.35. The molecule has 0 spiro atoms. The van der Waals surface area contributed by atoms with Crippen molar-refractivity contribution in [1.82, 2.24) is 10.5 Å². The van der Waals surface area contributed by atoms with Gasteiger partial charge >= 0.3 is 0 Å². The van der Waals surface area contributed by atoms with Crippen LogP contribution in [0.4, 0.5) is 0 Å². The average Bonchev–Trinajstić information content (AvgIpc) is 2.64. The average molecular weight is 184 g/mol. The molecule has 0 saturated heterocycles. The van der Waals surface area contributed by atoms with E-state index in [1.807, 2.05) is 6.92 Å². The second-order valence-corrected chi connectivity index (χ2v) is 2.97. The molecule has 0 aliphatic carbocycles. The van der Waals surface area contributed by atoms with Crippen LogP contribution < -0.4 is 5.32 Å². The Morgan fingerprint density at radius 1 is 1.69 bits per heavy atom. The molecule has 1 aromatic heterocycles. The molecular weight excluding hydrogens is 168 g/mol. The second kappa shape index (κ2) is 5.72. The molecule has 0 fully saturated rings. The largest absolute Gasteiger partial charge is 0.380 e. The second-order valence-electron chi connectivity index (χ2n) is 2.97. The van der Waals surface area contributed by atoms with Crippen LogP contribution in [0.3, 0.4) is 0 Å². The molecule has 1 heterocycles. The Balaban J connectivity index is 2.11. The van der Waals surface area contributed by atoms with Crippen LogP contribution in [0.2, 0.25) is 0 Å². The van der Waals surface area contributed by atoms with Gasteiger partial charge in [-0.25, -0.2) is 0 Å². The minimum absolute atomic E-state index is 0.356. The third kappa shape index (κ3) is 4.05. The van der Waals surface area contributed by atoms with Crippen molar-refractivity contribution in [3.63, 3.8) is 0 Å². The fourth-order valence-corrected chi connectivity index (χ4v) is 0.960. The van der Waals surface area contributed by atoms with Crippen LogP contribution in [-0.4, -0.2) is 24.4 Å². The molecule has 0 radical (unpaired) electrons. The van der Waals surface area contributed by atoms with Crippen molar-refractivity contribution in [2.75, 3.05) is 13.2 Å². The SMILES string of the molecule is CCOCC(C)NCc1cnoc1. The topological polar surface area (TPSA) is 47.3 Å². The minimum atomic E-state index is 0.356. The first-order valence-electron chi connectivity index (χ1n) is 4.52. The molecule has 1 atom stereocenters. The minimum Gasteiger partial charge on any atom is -0.380 e. The maximum absolute atomic E-state index is 5.26. The summed E-state index contributed by atoms with van der Waals surface area (Å²) >= 11 is 0. The summed E-state index contributed by atoms with van der Waals surface area (Å²) in [5.74, 6) is 0. The third-order valence-electron chi connectivity index (χ3n) is 1.71. The molecule has 0 aromatic carbocycles. The highest BCUT2D eigenvalue weighted by Crippen LogP contribution is 1.96. The van der Waals surface area contributed by atoms with Crippen LogP contribution in [0.1, 0.15) is 19.4 Å². The lowest BCUT2D eigenvalue weighted by Gasteiger charge is -2.11. The van der Waals surface area contributed by atoms with E-state index in [0.29, 0.717) is 6.04 Å². The number of aromatic nitrogens is 1. The van der Waals surface area contributed by atoms with Gasteiger partial charge in [-0.05, 0) is 13.8 Å². The van der Waals surface area contributed by atoms with Crippen LogP contribution in [0, 0.1) is 0 Å². The van der Waals surface area contributed by atoms with Gasteiger partial charge in [0.25, 0.3) is 0 Å². The molecule has 0 saturated carbocycles. The summed E-state index contributed by atoms with van der Waals surface area (Å²) in [5, 5.41) is 6.91. The van der Waals surface area contributed by atoms with Gasteiger partial charge in [0.2, 0.25) is 0 Å². The number of nitrogens with zero attached hydrogens (tertiary/aromatic N) is 1. The standard InChI is InChI=1S/C9H16N2O2/c1-3-12-6-8(2)10-4-9-5-11-13-7-9/h5,7-8,10H,3-4,6H2,1-2H3. The molecule has 0 aliphatic rings. The fourth-order valence-electron chi connectivity index (χ4n) is 0.960. The zero-order valence-electron chi connectivity index (χ0n) is 8.12. The molecular formula is C9H16N2O2. The third-order valence-corrected chi connectivity index (χ3v) is 1.71. The van der Waals surface area contributed by atoms with Crippen molar-refractivity contribution in [1.29, 1.82) is 0 Å². The van der Waals surface area contributed by atoms with Crippen molar-refractivity contribution < 1.29 is 9.26 Å². The monoisotopic (exact) mass is 184 g/mol. The maximum atomic E-state index is 5.26. The molecule has 1 N–H and O–H groups in total. The molecule has 13 heavy (non-hydrogen) atoms. The Hall–Kier alpha value is -0.870. The normalized spacial score (nSPS) is 13.1. The van der Waals surface area contributed by atoms with Crippen molar-refractivity contribution in [2.45, 2.75) is 26.4 Å². The summed E-state index contributed by atoms with van der Waals surface area (Å²) in [6, 6.07) is 0.356. The van der Waals surface area contributed by atoms with Gasteiger partial charge < -0.3 is 14.6 Å². The smallest absolute Gasteiger partial charge is 0.128 e. The number of ether oxygens (including phenoxy) is 1. The predicted octanol–water partition coefficient (Wildman–Crippen LogP) is 1.19. The van der Waals surface area contributed by atoms with Crippen LogP contribution in [0.25, 0.3) is 0 Å². The van der Waals surface area contributed by atoms with Gasteiger partial charge in [0.05, 0.1) is 12.8 Å². The molecule has 1 aromatic rings. The molecule has 0 amide bonds. The van der Waals surface area contributed by atoms with Gasteiger partial charge in [0.1, 0.15) is 6.26 Å². The highest BCUT2D eigenvalue weighted by molar-refractivity contribution is 4.99. The first-order valence-corrected chi connectivity index (χ1v) is 4.52. The number of hydrogen-bond acceptors (Lipinski definition) is 4. The molecule has 0 aliphatic heterocycles. The van der Waals surface area contributed by atoms with E-state index < -0.39 is 0 Å². The van der Waals surface area contributed by atoms with E-state index in [9.17, 15) is 0 Å². The van der Waals surface area contributed by atoms with Gasteiger partial charge in [-0.3, -0.25) is 0 Å². The first-order chi connectivity index (χ1) is 6.33. The zero-order valence-corrected chi connectivity index (χ0v) is 8.12. The molecule has 4 heteroatoms. The lowest BCUT2D eigenvalue weighted by atomic mass is 10.3. The lowest BCUT2D eigenvalue weighted by Crippen LogP contribution is -2.29. The number of rotatable bonds is 6. The summed E-state index contributed by atoms with van der Waals surface area (Å²) in [7, 11) is 0. The van der Waals surface area contributed by atoms with Crippen LogP contribution in [0.5, 0.6) is 0 Å². The number of hydrogen-bond donors (Lipinski definition) is 1. The summed E-state index contributed by atoms with van der Waals surface area (Å²) in [6.45, 7) is 6.36. The maximum Gasteiger partial charge on any atom is 0.128 e. The van der Waals surface area contributed by atoms with Crippen LogP contribution in [0.15, 0.2) is 17.0 Å². The Kier molecular flexibility index (Phi) is 4.49. The van der Waals surface area contributed by atoms with E-state index in [1.165, 1.54) is 0 Å². The quantitative estimate of drug-likeness (QED) is 0.721. The first kappa shape index (κ1) is 10.2. The highest BCUT2D eigenvalue weighted by atomic mass is 16.5. The molecule has 1 unspecified atom stereocenters. The van der Waals surface area contributed by atoms with E-state index in [1.54, 1.807) is 12.5 Å². The molecule has 0 bridgehead atoms. The van der Waals surface area contributed by atoms with E-state index >= 15 is 0 Å². The van der Waals surface area contributed by atoms with E-state index in [0.717, 1.165) is 25.3 Å². The Labute approximate surface area is 78.2 Å². The summed E-state index contributed by atoms with van der Waals surface area (Å²) in [5.41, 5.74) is 1.06. The molecule has 1 rings (SSSR count). The Bertz CT molecular complexity index is 211. The number of nitrogens with one attached hydrogen (secondary N) is 1. The molecule has 4 nitrogen and oxygen atoms in total. The van der Waals surface area contributed by atoms with Gasteiger partial charge in [-0.1, -0.05) is 5.16 Å². The van der Waals surface area contributed by atoms with Crippen LogP contribution >= 0.6 is 0 Å². The Morgan fingerprint density at radius 2 is 2.54 bits per heavy atom. The summed E-state index contributed by atoms with van der Waals surface area (Å²) in [4.78, 5) is 0. The summed E-state index contributed by atoms with van der Waals surface area (Å²) < 4.78 is 9.97. The van der Waals surface area contributed by atoms with E-state index in [-0.39, 0.29) is 0 Å². The van der Waals surface area contributed by atoms with Crippen molar-refractivity contribution >= 4 is 0 Å². The highest BCUT2D eigenvalue weighted by Gasteiger charge is 2.01. The van der Waals surface area contributed by atoms with Gasteiger partial charge in [0, 0.05) is 24.8 Å². The Morgan fingerprint density at radius 3 is 3.15 bits per heavy atom. The van der Waals surface area contributed by atoms with Crippen molar-refractivity contribution in [3.8, 4) is 0 Å². The predicted molar refractivity (Wildman–Crippen MR) is 49.3 cm³/mol. The fraction of sp³-hybridized carbons (Fsp3) is 0.667. The van der Waals surface area contributed by atoms with E-state index in [2.05, 4.69) is 17.4 Å². The van der Waals surface area contributed by atoms with E-state index in [4.69, 9.17) is 9.26 Å². The van der Waals surface area contributed by atoms with Gasteiger partial charge in [-0.2, -0.15) is 0 Å².